The van der Waals surface area contributed by atoms with Gasteiger partial charge in [0.15, 0.2) is 0 Å². The zero-order valence-electron chi connectivity index (χ0n) is 10.1. The molecule has 0 aromatic carbocycles. The summed E-state index contributed by atoms with van der Waals surface area (Å²) in [5.74, 6) is -0.0364. The van der Waals surface area contributed by atoms with Crippen LogP contribution in [0.3, 0.4) is 0 Å². The molecule has 0 saturated heterocycles. The number of methoxy groups -OCH3 is 2. The first-order valence-corrected chi connectivity index (χ1v) is 5.23. The van der Waals surface area contributed by atoms with Crippen LogP contribution in [0.1, 0.15) is 5.69 Å². The van der Waals surface area contributed by atoms with Gasteiger partial charge in [0.05, 0.1) is 24.6 Å². The third-order valence-corrected chi connectivity index (χ3v) is 2.26. The number of rotatable bonds is 7. The van der Waals surface area contributed by atoms with Crippen LogP contribution in [-0.4, -0.2) is 44.3 Å². The minimum absolute atomic E-state index is 0.00696. The topological polar surface area (TPSA) is 93.2 Å². The van der Waals surface area contributed by atoms with Crippen LogP contribution in [0.2, 0.25) is 0 Å². The molecule has 94 valence electrons. The van der Waals surface area contributed by atoms with E-state index < -0.39 is 0 Å². The number of nitrogens with two attached hydrogens (primary N) is 1. The molecule has 1 heterocycles. The first kappa shape index (κ1) is 13.4. The third-order valence-electron chi connectivity index (χ3n) is 2.26. The molecule has 0 radical (unpaired) electrons. The predicted octanol–water partition coefficient (Wildman–Crippen LogP) is 0.439. The predicted molar refractivity (Wildman–Crippen MR) is 66.4 cm³/mol. The van der Waals surface area contributed by atoms with Crippen LogP contribution in [0, 0.1) is 5.41 Å². The van der Waals surface area contributed by atoms with E-state index in [9.17, 15) is 0 Å². The summed E-state index contributed by atoms with van der Waals surface area (Å²) in [5, 5.41) is 10.4. The molecular weight excluding hydrogens is 220 g/mol. The Morgan fingerprint density at radius 1 is 1.53 bits per heavy atom. The summed E-state index contributed by atoms with van der Waals surface area (Å²) in [5.41, 5.74) is 6.63. The van der Waals surface area contributed by atoms with E-state index in [0.717, 1.165) is 5.69 Å². The lowest BCUT2D eigenvalue weighted by atomic mass is 10.3. The number of nitrogen functional groups attached to an aromatic ring is 1. The third kappa shape index (κ3) is 4.38. The summed E-state index contributed by atoms with van der Waals surface area (Å²) < 4.78 is 10.2. The average molecular weight is 238 g/mol. The monoisotopic (exact) mass is 238 g/mol. The maximum atomic E-state index is 7.22. The normalized spacial score (nSPS) is 12.1. The molecule has 1 unspecified atom stereocenters. The molecule has 0 aliphatic carbocycles. The van der Waals surface area contributed by atoms with Crippen LogP contribution < -0.4 is 11.1 Å². The average Bonchev–Trinajstić information content (AvgIpc) is 2.35. The highest BCUT2D eigenvalue weighted by molar-refractivity contribution is 5.93. The van der Waals surface area contributed by atoms with Crippen molar-refractivity contribution in [1.29, 1.82) is 5.41 Å². The van der Waals surface area contributed by atoms with Gasteiger partial charge in [-0.2, -0.15) is 0 Å². The number of nitrogens with one attached hydrogen (secondary N) is 2. The lowest BCUT2D eigenvalue weighted by Crippen LogP contribution is -2.26. The van der Waals surface area contributed by atoms with Gasteiger partial charge in [-0.1, -0.05) is 0 Å². The summed E-state index contributed by atoms with van der Waals surface area (Å²) in [6, 6.07) is 3.52. The smallest absolute Gasteiger partial charge is 0.141 e. The van der Waals surface area contributed by atoms with E-state index in [2.05, 4.69) is 10.3 Å². The minimum atomic E-state index is -0.0364. The first-order valence-electron chi connectivity index (χ1n) is 5.23. The Morgan fingerprint density at radius 2 is 2.29 bits per heavy atom. The Morgan fingerprint density at radius 3 is 2.76 bits per heavy atom. The van der Waals surface area contributed by atoms with Crippen molar-refractivity contribution in [3.63, 3.8) is 0 Å². The van der Waals surface area contributed by atoms with Crippen LogP contribution in [-0.2, 0) is 9.47 Å². The molecular formula is C11H18N4O2. The van der Waals surface area contributed by atoms with E-state index in [1.54, 1.807) is 26.5 Å². The molecule has 1 rings (SSSR count). The summed E-state index contributed by atoms with van der Waals surface area (Å²) in [6.07, 6.45) is 1.63. The van der Waals surface area contributed by atoms with Gasteiger partial charge >= 0.3 is 0 Å². The molecule has 6 heteroatoms. The van der Waals surface area contributed by atoms with E-state index in [1.165, 1.54) is 0 Å². The standard InChI is InChI=1S/C11H18N4O2/c1-16-7-9(17-2)6-14-8-3-4-10(11(12)13)15-5-8/h3-5,9,14H,6-7H2,1-2H3,(H3,12,13). The maximum Gasteiger partial charge on any atom is 0.141 e. The van der Waals surface area contributed by atoms with Crippen molar-refractivity contribution in [2.45, 2.75) is 6.10 Å². The Kier molecular flexibility index (Phi) is 5.38. The zero-order valence-corrected chi connectivity index (χ0v) is 10.1. The highest BCUT2D eigenvalue weighted by atomic mass is 16.5. The molecule has 0 aliphatic rings. The van der Waals surface area contributed by atoms with Gasteiger partial charge in [0.25, 0.3) is 0 Å². The number of amidine groups is 1. The van der Waals surface area contributed by atoms with Crippen LogP contribution >= 0.6 is 0 Å². The van der Waals surface area contributed by atoms with Crippen LogP contribution in [0.15, 0.2) is 18.3 Å². The van der Waals surface area contributed by atoms with E-state index in [-0.39, 0.29) is 11.9 Å². The number of aromatic nitrogens is 1. The quantitative estimate of drug-likeness (QED) is 0.473. The van der Waals surface area contributed by atoms with Crippen molar-refractivity contribution < 1.29 is 9.47 Å². The van der Waals surface area contributed by atoms with Crippen molar-refractivity contribution in [1.82, 2.24) is 4.98 Å². The molecule has 1 atom stereocenters. The molecule has 6 nitrogen and oxygen atoms in total. The van der Waals surface area contributed by atoms with Crippen molar-refractivity contribution >= 4 is 11.5 Å². The fourth-order valence-electron chi connectivity index (χ4n) is 1.29. The van der Waals surface area contributed by atoms with Gasteiger partial charge in [0.1, 0.15) is 11.5 Å². The fourth-order valence-corrected chi connectivity index (χ4v) is 1.29. The fraction of sp³-hybridized carbons (Fsp3) is 0.455. The van der Waals surface area contributed by atoms with Gasteiger partial charge in [-0.15, -0.1) is 0 Å². The molecule has 4 N–H and O–H groups in total. The molecule has 17 heavy (non-hydrogen) atoms. The van der Waals surface area contributed by atoms with Crippen LogP contribution in [0.25, 0.3) is 0 Å². The number of nitrogens with zero attached hydrogens (tertiary/aromatic N) is 1. The Hall–Kier alpha value is -1.66. The number of anilines is 1. The van der Waals surface area contributed by atoms with Gasteiger partial charge in [-0.25, -0.2) is 0 Å². The Balaban J connectivity index is 2.48. The van der Waals surface area contributed by atoms with Crippen molar-refractivity contribution in [3.05, 3.63) is 24.0 Å². The molecule has 0 spiro atoms. The van der Waals surface area contributed by atoms with E-state index in [4.69, 9.17) is 20.6 Å². The second-order valence-electron chi connectivity index (χ2n) is 3.54. The zero-order chi connectivity index (χ0) is 12.7. The largest absolute Gasteiger partial charge is 0.382 e. The lowest BCUT2D eigenvalue weighted by Gasteiger charge is -2.15. The number of ether oxygens (including phenoxy) is 2. The first-order chi connectivity index (χ1) is 8.17. The highest BCUT2D eigenvalue weighted by Gasteiger charge is 2.06. The summed E-state index contributed by atoms with van der Waals surface area (Å²) in [6.45, 7) is 1.16. The Labute approximate surface area is 101 Å². The van der Waals surface area contributed by atoms with Gasteiger partial charge in [0, 0.05) is 20.8 Å². The number of hydrogen-bond donors (Lipinski definition) is 3. The van der Waals surface area contributed by atoms with Gasteiger partial charge in [-0.3, -0.25) is 10.4 Å². The molecule has 0 amide bonds. The van der Waals surface area contributed by atoms with E-state index in [0.29, 0.717) is 18.8 Å². The van der Waals surface area contributed by atoms with Crippen molar-refractivity contribution in [2.75, 3.05) is 32.7 Å². The molecule has 0 fully saturated rings. The molecule has 0 bridgehead atoms. The lowest BCUT2D eigenvalue weighted by molar-refractivity contribution is 0.0365. The number of pyridine rings is 1. The van der Waals surface area contributed by atoms with E-state index >= 15 is 0 Å². The SMILES string of the molecule is COCC(CNc1ccc(C(=N)N)nc1)OC. The van der Waals surface area contributed by atoms with Gasteiger partial charge < -0.3 is 20.5 Å². The summed E-state index contributed by atoms with van der Waals surface area (Å²) in [7, 11) is 3.28. The van der Waals surface area contributed by atoms with E-state index in [1.807, 2.05) is 6.07 Å². The highest BCUT2D eigenvalue weighted by Crippen LogP contribution is 2.06. The second-order valence-corrected chi connectivity index (χ2v) is 3.54. The van der Waals surface area contributed by atoms with Crippen molar-refractivity contribution in [3.8, 4) is 0 Å². The number of hydrogen-bond acceptors (Lipinski definition) is 5. The van der Waals surface area contributed by atoms with Crippen LogP contribution in [0.5, 0.6) is 0 Å². The summed E-state index contributed by atoms with van der Waals surface area (Å²) in [4.78, 5) is 4.04. The minimum Gasteiger partial charge on any atom is -0.382 e. The molecule has 0 aliphatic heterocycles. The molecule has 1 aromatic heterocycles. The van der Waals surface area contributed by atoms with Gasteiger partial charge in [-0.05, 0) is 12.1 Å². The maximum absolute atomic E-state index is 7.22. The second kappa shape index (κ2) is 6.82. The molecule has 1 aromatic rings. The Bertz CT molecular complexity index is 353. The van der Waals surface area contributed by atoms with Crippen molar-refractivity contribution in [2.24, 2.45) is 5.73 Å². The van der Waals surface area contributed by atoms with Crippen LogP contribution in [0.4, 0.5) is 5.69 Å². The molecule has 0 saturated carbocycles. The summed E-state index contributed by atoms with van der Waals surface area (Å²) >= 11 is 0. The van der Waals surface area contributed by atoms with Gasteiger partial charge in [0.2, 0.25) is 0 Å².